The standard InChI is InChI=1S/C15H16ClN5O5/c1-3-25-12-6-13(26-4-2)11(21(23)24)5-9(12)7-17-19-10-8-18-20-15(22)14(10)16/h5-8H,3-4H2,1-2H3,(H2,19,20,22)/b17-7-. The molecule has 0 atom stereocenters. The SMILES string of the molecule is CCOc1cc(OCC)c([N+](=O)[O-])cc1/C=N\Nc1cn[nH]c(=O)c1Cl. The number of aromatic amines is 1. The minimum atomic E-state index is -0.571. The number of rotatable bonds is 8. The number of hydrogen-bond acceptors (Lipinski definition) is 8. The first-order chi connectivity index (χ1) is 12.5. The summed E-state index contributed by atoms with van der Waals surface area (Å²) in [5.41, 5.74) is 2.31. The van der Waals surface area contributed by atoms with E-state index in [0.29, 0.717) is 17.9 Å². The average Bonchev–Trinajstić information content (AvgIpc) is 2.60. The van der Waals surface area contributed by atoms with Crippen molar-refractivity contribution in [1.29, 1.82) is 0 Å². The Morgan fingerprint density at radius 2 is 2.04 bits per heavy atom. The van der Waals surface area contributed by atoms with Crippen molar-refractivity contribution < 1.29 is 14.4 Å². The molecule has 0 aliphatic carbocycles. The lowest BCUT2D eigenvalue weighted by Crippen LogP contribution is -2.10. The highest BCUT2D eigenvalue weighted by atomic mass is 35.5. The molecule has 0 saturated heterocycles. The molecule has 0 aliphatic rings. The van der Waals surface area contributed by atoms with Crippen molar-refractivity contribution >= 4 is 29.2 Å². The van der Waals surface area contributed by atoms with E-state index >= 15 is 0 Å². The molecule has 0 amide bonds. The molecule has 0 radical (unpaired) electrons. The second-order valence-electron chi connectivity index (χ2n) is 4.78. The molecule has 0 unspecified atom stereocenters. The molecule has 2 rings (SSSR count). The number of nitro groups is 1. The summed E-state index contributed by atoms with van der Waals surface area (Å²) in [7, 11) is 0. The number of H-pyrrole nitrogens is 1. The van der Waals surface area contributed by atoms with E-state index in [-0.39, 0.29) is 28.8 Å². The monoisotopic (exact) mass is 381 g/mol. The average molecular weight is 382 g/mol. The van der Waals surface area contributed by atoms with Gasteiger partial charge in [0.15, 0.2) is 0 Å². The molecular weight excluding hydrogens is 366 g/mol. The van der Waals surface area contributed by atoms with Gasteiger partial charge < -0.3 is 9.47 Å². The number of hydrogen-bond donors (Lipinski definition) is 2. The summed E-state index contributed by atoms with van der Waals surface area (Å²) < 4.78 is 10.8. The molecule has 1 heterocycles. The topological polar surface area (TPSA) is 132 Å². The molecule has 10 nitrogen and oxygen atoms in total. The molecule has 1 aromatic carbocycles. The summed E-state index contributed by atoms with van der Waals surface area (Å²) in [6.45, 7) is 4.13. The van der Waals surface area contributed by atoms with Crippen LogP contribution in [0.5, 0.6) is 11.5 Å². The molecule has 0 fully saturated rings. The van der Waals surface area contributed by atoms with Gasteiger partial charge in [0, 0.05) is 17.7 Å². The molecule has 2 aromatic rings. The van der Waals surface area contributed by atoms with Gasteiger partial charge in [-0.25, -0.2) is 5.10 Å². The minimum Gasteiger partial charge on any atom is -0.493 e. The zero-order chi connectivity index (χ0) is 19.1. The minimum absolute atomic E-state index is 0.105. The number of anilines is 1. The Hall–Kier alpha value is -3.14. The molecular formula is C15H16ClN5O5. The fourth-order valence-electron chi connectivity index (χ4n) is 1.99. The van der Waals surface area contributed by atoms with Crippen LogP contribution in [0.1, 0.15) is 19.4 Å². The Balaban J connectivity index is 2.36. The summed E-state index contributed by atoms with van der Waals surface area (Å²) in [6, 6.07) is 2.73. The van der Waals surface area contributed by atoms with Crippen molar-refractivity contribution in [2.45, 2.75) is 13.8 Å². The lowest BCUT2D eigenvalue weighted by molar-refractivity contribution is -0.385. The number of nitrogens with one attached hydrogen (secondary N) is 2. The van der Waals surface area contributed by atoms with Gasteiger partial charge in [0.1, 0.15) is 16.5 Å². The van der Waals surface area contributed by atoms with Gasteiger partial charge in [-0.2, -0.15) is 10.2 Å². The summed E-state index contributed by atoms with van der Waals surface area (Å²) in [5, 5.41) is 20.9. The van der Waals surface area contributed by atoms with Crippen molar-refractivity contribution in [3.8, 4) is 11.5 Å². The zero-order valence-electron chi connectivity index (χ0n) is 14.0. The van der Waals surface area contributed by atoms with Gasteiger partial charge in [-0.15, -0.1) is 0 Å². The third kappa shape index (κ3) is 4.48. The highest BCUT2D eigenvalue weighted by Gasteiger charge is 2.19. The summed E-state index contributed by atoms with van der Waals surface area (Å²) in [4.78, 5) is 22.1. The van der Waals surface area contributed by atoms with E-state index in [4.69, 9.17) is 21.1 Å². The Kier molecular flexibility index (Phi) is 6.50. The first-order valence-corrected chi connectivity index (χ1v) is 7.96. The van der Waals surface area contributed by atoms with E-state index in [9.17, 15) is 14.9 Å². The molecule has 2 N–H and O–H groups in total. The molecule has 11 heteroatoms. The number of aromatic nitrogens is 2. The van der Waals surface area contributed by atoms with Crippen LogP contribution in [0.3, 0.4) is 0 Å². The van der Waals surface area contributed by atoms with E-state index in [1.54, 1.807) is 13.8 Å². The number of benzene rings is 1. The number of ether oxygens (including phenoxy) is 2. The maximum Gasteiger partial charge on any atom is 0.311 e. The second-order valence-corrected chi connectivity index (χ2v) is 5.16. The molecule has 1 aromatic heterocycles. The van der Waals surface area contributed by atoms with Crippen LogP contribution in [-0.2, 0) is 0 Å². The Morgan fingerprint density at radius 1 is 1.35 bits per heavy atom. The molecule has 0 aliphatic heterocycles. The Bertz CT molecular complexity index is 883. The smallest absolute Gasteiger partial charge is 0.311 e. The van der Waals surface area contributed by atoms with Crippen LogP contribution in [0.2, 0.25) is 5.02 Å². The van der Waals surface area contributed by atoms with Gasteiger partial charge in [0.2, 0.25) is 5.75 Å². The molecule has 26 heavy (non-hydrogen) atoms. The van der Waals surface area contributed by atoms with E-state index < -0.39 is 10.5 Å². The third-order valence-corrected chi connectivity index (χ3v) is 3.45. The molecule has 0 bridgehead atoms. The van der Waals surface area contributed by atoms with Gasteiger partial charge in [0.05, 0.1) is 30.5 Å². The van der Waals surface area contributed by atoms with Gasteiger partial charge in [-0.3, -0.25) is 20.3 Å². The lowest BCUT2D eigenvalue weighted by Gasteiger charge is -2.11. The van der Waals surface area contributed by atoms with Crippen LogP contribution in [0.25, 0.3) is 0 Å². The van der Waals surface area contributed by atoms with Gasteiger partial charge >= 0.3 is 5.69 Å². The van der Waals surface area contributed by atoms with Crippen LogP contribution < -0.4 is 20.5 Å². The summed E-state index contributed by atoms with van der Waals surface area (Å²) in [5.74, 6) is 0.468. The number of halogens is 1. The summed E-state index contributed by atoms with van der Waals surface area (Å²) >= 11 is 5.83. The molecule has 0 spiro atoms. The lowest BCUT2D eigenvalue weighted by atomic mass is 10.1. The highest BCUT2D eigenvalue weighted by molar-refractivity contribution is 6.32. The summed E-state index contributed by atoms with van der Waals surface area (Å²) in [6.07, 6.45) is 2.59. The Morgan fingerprint density at radius 3 is 2.69 bits per heavy atom. The number of hydrazone groups is 1. The van der Waals surface area contributed by atoms with Gasteiger partial charge in [0.25, 0.3) is 5.56 Å². The van der Waals surface area contributed by atoms with Gasteiger partial charge in [-0.05, 0) is 13.8 Å². The van der Waals surface area contributed by atoms with Crippen LogP contribution in [0.15, 0.2) is 28.2 Å². The third-order valence-electron chi connectivity index (χ3n) is 3.07. The first-order valence-electron chi connectivity index (χ1n) is 7.58. The normalized spacial score (nSPS) is 10.7. The highest BCUT2D eigenvalue weighted by Crippen LogP contribution is 2.34. The van der Waals surface area contributed by atoms with Crippen LogP contribution in [0.4, 0.5) is 11.4 Å². The number of nitrogens with zero attached hydrogens (tertiary/aromatic N) is 3. The fraction of sp³-hybridized carbons (Fsp3) is 0.267. The van der Waals surface area contributed by atoms with Gasteiger partial charge in [-0.1, -0.05) is 11.6 Å². The van der Waals surface area contributed by atoms with E-state index in [1.807, 2.05) is 0 Å². The quantitative estimate of drug-likeness (QED) is 0.408. The van der Waals surface area contributed by atoms with Crippen LogP contribution >= 0.6 is 11.6 Å². The van der Waals surface area contributed by atoms with E-state index in [2.05, 4.69) is 20.7 Å². The predicted molar refractivity (Wildman–Crippen MR) is 96.5 cm³/mol. The van der Waals surface area contributed by atoms with Crippen LogP contribution in [0, 0.1) is 10.1 Å². The largest absolute Gasteiger partial charge is 0.493 e. The Labute approximate surface area is 152 Å². The van der Waals surface area contributed by atoms with Crippen molar-refractivity contribution in [2.75, 3.05) is 18.6 Å². The fourth-order valence-corrected chi connectivity index (χ4v) is 2.13. The van der Waals surface area contributed by atoms with Crippen molar-refractivity contribution in [1.82, 2.24) is 10.2 Å². The number of nitro benzene ring substituents is 1. The first kappa shape index (κ1) is 19.2. The van der Waals surface area contributed by atoms with Crippen molar-refractivity contribution in [3.63, 3.8) is 0 Å². The van der Waals surface area contributed by atoms with Crippen molar-refractivity contribution in [3.05, 3.63) is 49.4 Å². The molecule has 138 valence electrons. The maximum absolute atomic E-state index is 11.4. The van der Waals surface area contributed by atoms with Crippen molar-refractivity contribution in [2.24, 2.45) is 5.10 Å². The second kappa shape index (κ2) is 8.81. The van der Waals surface area contributed by atoms with Crippen LogP contribution in [-0.4, -0.2) is 34.5 Å². The molecule has 0 saturated carbocycles. The van der Waals surface area contributed by atoms with E-state index in [0.717, 1.165) is 0 Å². The van der Waals surface area contributed by atoms with E-state index in [1.165, 1.54) is 24.5 Å². The zero-order valence-corrected chi connectivity index (χ0v) is 14.7. The maximum atomic E-state index is 11.4. The predicted octanol–water partition coefficient (Wildman–Crippen LogP) is 2.57.